The number of allylic oxidation sites excluding steroid dienone is 1. The lowest BCUT2D eigenvalue weighted by Crippen LogP contribution is -2.27. The van der Waals surface area contributed by atoms with E-state index in [-0.39, 0.29) is 17.5 Å². The predicted molar refractivity (Wildman–Crippen MR) is 139 cm³/mol. The van der Waals surface area contributed by atoms with Crippen molar-refractivity contribution in [3.05, 3.63) is 83.1 Å². The summed E-state index contributed by atoms with van der Waals surface area (Å²) in [5, 5.41) is 17.4. The molecule has 0 amide bonds. The fraction of sp³-hybridized carbons (Fsp3) is 0.276. The van der Waals surface area contributed by atoms with Crippen molar-refractivity contribution in [2.45, 2.75) is 31.7 Å². The van der Waals surface area contributed by atoms with E-state index in [1.54, 1.807) is 20.3 Å². The molecule has 0 saturated carbocycles. The van der Waals surface area contributed by atoms with Crippen LogP contribution in [0.4, 0.5) is 11.4 Å². The van der Waals surface area contributed by atoms with Crippen molar-refractivity contribution >= 4 is 17.2 Å². The second kappa shape index (κ2) is 9.85. The molecule has 7 heteroatoms. The highest BCUT2D eigenvalue weighted by molar-refractivity contribution is 6.01. The van der Waals surface area contributed by atoms with Crippen molar-refractivity contribution in [3.63, 3.8) is 0 Å². The Morgan fingerprint density at radius 2 is 1.61 bits per heavy atom. The molecule has 5 rings (SSSR count). The molecule has 3 aromatic carbocycles. The minimum atomic E-state index is -0.394. The van der Waals surface area contributed by atoms with E-state index < -0.39 is 6.04 Å². The maximum atomic E-state index is 13.8. The lowest BCUT2D eigenvalue weighted by Gasteiger charge is -2.30. The monoisotopic (exact) mass is 486 g/mol. The Labute approximate surface area is 210 Å². The number of phenolic OH excluding ortho intramolecular Hbond substituents is 1. The summed E-state index contributed by atoms with van der Waals surface area (Å²) in [5.41, 5.74) is 5.28. The van der Waals surface area contributed by atoms with E-state index in [2.05, 4.69) is 10.6 Å². The molecule has 0 bridgehead atoms. The number of anilines is 2. The highest BCUT2D eigenvalue weighted by Gasteiger charge is 2.36. The number of rotatable bonds is 6. The van der Waals surface area contributed by atoms with Gasteiger partial charge in [0.15, 0.2) is 28.8 Å². The van der Waals surface area contributed by atoms with Crippen molar-refractivity contribution in [1.82, 2.24) is 0 Å². The molecule has 0 saturated heterocycles. The van der Waals surface area contributed by atoms with Crippen molar-refractivity contribution in [3.8, 4) is 23.0 Å². The molecule has 36 heavy (non-hydrogen) atoms. The summed E-state index contributed by atoms with van der Waals surface area (Å²) < 4.78 is 16.5. The predicted octanol–water partition coefficient (Wildman–Crippen LogP) is 5.79. The molecule has 3 N–H and O–H groups in total. The third-order valence-electron chi connectivity index (χ3n) is 6.81. The van der Waals surface area contributed by atoms with Crippen molar-refractivity contribution in [2.24, 2.45) is 0 Å². The summed E-state index contributed by atoms with van der Waals surface area (Å²) in [6, 6.07) is 18.6. The number of ether oxygens (including phenoxy) is 3. The van der Waals surface area contributed by atoms with Gasteiger partial charge in [0.2, 0.25) is 0 Å². The number of hydrogen-bond donors (Lipinski definition) is 3. The molecule has 1 aliphatic carbocycles. The van der Waals surface area contributed by atoms with Gasteiger partial charge in [-0.1, -0.05) is 24.3 Å². The van der Waals surface area contributed by atoms with Crippen LogP contribution in [0.15, 0.2) is 71.9 Å². The SMILES string of the molecule is CCOc1cc([C@H]2Nc3ccccc3NC3=C2C(=O)C[C@H](c2ccc(OC)c(OC)c2)C3)ccc1O. The molecule has 0 spiro atoms. The highest BCUT2D eigenvalue weighted by atomic mass is 16.5. The van der Waals surface area contributed by atoms with Crippen LogP contribution < -0.4 is 24.8 Å². The van der Waals surface area contributed by atoms with Crippen LogP contribution in [0.5, 0.6) is 23.0 Å². The van der Waals surface area contributed by atoms with Gasteiger partial charge in [0.05, 0.1) is 38.2 Å². The second-order valence-electron chi connectivity index (χ2n) is 8.94. The van der Waals surface area contributed by atoms with E-state index in [4.69, 9.17) is 14.2 Å². The number of ketones is 1. The van der Waals surface area contributed by atoms with Gasteiger partial charge in [0, 0.05) is 17.7 Å². The maximum Gasteiger partial charge on any atom is 0.163 e. The van der Waals surface area contributed by atoms with Gasteiger partial charge >= 0.3 is 0 Å². The van der Waals surface area contributed by atoms with Crippen LogP contribution >= 0.6 is 0 Å². The van der Waals surface area contributed by atoms with Crippen molar-refractivity contribution in [2.75, 3.05) is 31.5 Å². The Balaban J connectivity index is 1.58. The molecule has 186 valence electrons. The van der Waals surface area contributed by atoms with Crippen molar-refractivity contribution in [1.29, 1.82) is 0 Å². The van der Waals surface area contributed by atoms with Gasteiger partial charge in [-0.2, -0.15) is 0 Å². The number of carbonyl (C=O) groups is 1. The van der Waals surface area contributed by atoms with Gasteiger partial charge in [-0.25, -0.2) is 0 Å². The Kier molecular flexibility index (Phi) is 6.46. The van der Waals surface area contributed by atoms with Gasteiger partial charge in [-0.3, -0.25) is 4.79 Å². The largest absolute Gasteiger partial charge is 0.504 e. The summed E-state index contributed by atoms with van der Waals surface area (Å²) in [5.74, 6) is 1.84. The molecule has 0 radical (unpaired) electrons. The molecule has 1 aliphatic heterocycles. The first-order chi connectivity index (χ1) is 17.5. The molecule has 0 fully saturated rings. The molecule has 0 aromatic heterocycles. The first kappa shape index (κ1) is 23.6. The lowest BCUT2D eigenvalue weighted by molar-refractivity contribution is -0.116. The Bertz CT molecular complexity index is 1330. The van der Waals surface area contributed by atoms with Crippen LogP contribution in [-0.2, 0) is 4.79 Å². The smallest absolute Gasteiger partial charge is 0.163 e. The zero-order valence-corrected chi connectivity index (χ0v) is 20.6. The normalized spacial score (nSPS) is 18.8. The van der Waals surface area contributed by atoms with Crippen LogP contribution in [0.25, 0.3) is 0 Å². The van der Waals surface area contributed by atoms with Gasteiger partial charge in [-0.15, -0.1) is 0 Å². The Morgan fingerprint density at radius 1 is 0.889 bits per heavy atom. The summed E-state index contributed by atoms with van der Waals surface area (Å²) in [6.07, 6.45) is 1.04. The summed E-state index contributed by atoms with van der Waals surface area (Å²) in [6.45, 7) is 2.30. The van der Waals surface area contributed by atoms with E-state index in [0.717, 1.165) is 28.2 Å². The first-order valence-corrected chi connectivity index (χ1v) is 12.1. The average molecular weight is 487 g/mol. The average Bonchev–Trinajstić information content (AvgIpc) is 3.06. The van der Waals surface area contributed by atoms with Gasteiger partial charge in [0.1, 0.15) is 0 Å². The summed E-state index contributed by atoms with van der Waals surface area (Å²) >= 11 is 0. The number of aromatic hydroxyl groups is 1. The number of para-hydroxylation sites is 2. The van der Waals surface area contributed by atoms with E-state index >= 15 is 0 Å². The highest BCUT2D eigenvalue weighted by Crippen LogP contribution is 2.46. The van der Waals surface area contributed by atoms with E-state index in [9.17, 15) is 9.90 Å². The molecule has 2 aliphatic rings. The van der Waals surface area contributed by atoms with Crippen LogP contribution in [0.1, 0.15) is 42.9 Å². The number of fused-ring (bicyclic) bond motifs is 1. The third-order valence-corrected chi connectivity index (χ3v) is 6.81. The number of Topliss-reactive ketones (excluding diaryl/α,β-unsaturated/α-hetero) is 1. The minimum Gasteiger partial charge on any atom is -0.504 e. The number of methoxy groups -OCH3 is 2. The number of nitrogens with one attached hydrogen (secondary N) is 2. The van der Waals surface area contributed by atoms with E-state index in [1.165, 1.54) is 0 Å². The zero-order chi connectivity index (χ0) is 25.2. The van der Waals surface area contributed by atoms with Gasteiger partial charge < -0.3 is 30.0 Å². The summed E-state index contributed by atoms with van der Waals surface area (Å²) in [4.78, 5) is 13.8. The molecular formula is C29H30N2O5. The number of carbonyl (C=O) groups excluding carboxylic acids is 1. The van der Waals surface area contributed by atoms with E-state index in [1.807, 2.05) is 61.5 Å². The summed E-state index contributed by atoms with van der Waals surface area (Å²) in [7, 11) is 3.22. The number of hydrogen-bond acceptors (Lipinski definition) is 7. The topological polar surface area (TPSA) is 89.1 Å². The maximum absolute atomic E-state index is 13.8. The fourth-order valence-corrected chi connectivity index (χ4v) is 5.07. The number of benzene rings is 3. The quantitative estimate of drug-likeness (QED) is 0.406. The van der Waals surface area contributed by atoms with Crippen molar-refractivity contribution < 1.29 is 24.1 Å². The zero-order valence-electron chi connectivity index (χ0n) is 20.6. The third kappa shape index (κ3) is 4.33. The van der Waals surface area contributed by atoms with E-state index in [0.29, 0.717) is 42.3 Å². The standard InChI is InChI=1S/C29H30N2O5/c1-4-36-26-16-18(9-11-23(26)32)29-28-22(30-20-7-5-6-8-21(20)31-29)13-19(14-24(28)33)17-10-12-25(34-2)27(15-17)35-3/h5-12,15-16,19,29-32H,4,13-14H2,1-3H3/t19-,29-/m1/s1. The lowest BCUT2D eigenvalue weighted by atomic mass is 9.78. The van der Waals surface area contributed by atoms with Crippen LogP contribution in [0.2, 0.25) is 0 Å². The molecular weight excluding hydrogens is 456 g/mol. The van der Waals surface area contributed by atoms with Crippen LogP contribution in [-0.4, -0.2) is 31.7 Å². The Hall–Kier alpha value is -4.13. The first-order valence-electron chi connectivity index (χ1n) is 12.1. The Morgan fingerprint density at radius 3 is 2.36 bits per heavy atom. The van der Waals surface area contributed by atoms with Gasteiger partial charge in [-0.05, 0) is 66.8 Å². The minimum absolute atomic E-state index is 0.00623. The fourth-order valence-electron chi connectivity index (χ4n) is 5.07. The van der Waals surface area contributed by atoms with Crippen LogP contribution in [0.3, 0.4) is 0 Å². The van der Waals surface area contributed by atoms with Crippen LogP contribution in [0, 0.1) is 0 Å². The second-order valence-corrected chi connectivity index (χ2v) is 8.94. The van der Waals surface area contributed by atoms with Gasteiger partial charge in [0.25, 0.3) is 0 Å². The molecule has 3 aromatic rings. The molecule has 2 atom stereocenters. The molecule has 7 nitrogen and oxygen atoms in total. The molecule has 0 unspecified atom stereocenters. The number of phenols is 1. The molecule has 1 heterocycles.